The van der Waals surface area contributed by atoms with Crippen molar-refractivity contribution < 1.29 is 4.39 Å². The highest BCUT2D eigenvalue weighted by atomic mass is 32.2. The van der Waals surface area contributed by atoms with Gasteiger partial charge in [-0.25, -0.2) is 4.39 Å². The maximum absolute atomic E-state index is 13.6. The van der Waals surface area contributed by atoms with E-state index in [1.54, 1.807) is 6.07 Å². The zero-order chi connectivity index (χ0) is 12.6. The Morgan fingerprint density at radius 2 is 2.28 bits per heavy atom. The van der Waals surface area contributed by atoms with Crippen LogP contribution in [0.4, 0.5) is 4.39 Å². The van der Waals surface area contributed by atoms with Crippen LogP contribution >= 0.6 is 11.8 Å². The Hall–Kier alpha value is -0.540. The van der Waals surface area contributed by atoms with Gasteiger partial charge in [0.15, 0.2) is 0 Å². The van der Waals surface area contributed by atoms with Gasteiger partial charge in [0.05, 0.1) is 0 Å². The topological polar surface area (TPSA) is 12.0 Å². The van der Waals surface area contributed by atoms with Crippen LogP contribution in [0.3, 0.4) is 0 Å². The standard InChI is InChI=1S/C15H20FNS/c1-18-15(8-3-9-15)10-17-14-7-6-11-12(14)4-2-5-13(11)16/h2,4-5,14,17H,3,6-10H2,1H3. The fourth-order valence-electron chi connectivity index (χ4n) is 3.16. The van der Waals surface area contributed by atoms with E-state index in [-0.39, 0.29) is 5.82 Å². The third-order valence-electron chi connectivity index (χ3n) is 4.58. The smallest absolute Gasteiger partial charge is 0.126 e. The predicted octanol–water partition coefficient (Wildman–Crippen LogP) is 3.69. The number of hydrogen-bond donors (Lipinski definition) is 1. The van der Waals surface area contributed by atoms with Crippen molar-refractivity contribution in [3.8, 4) is 0 Å². The lowest BCUT2D eigenvalue weighted by Crippen LogP contribution is -2.44. The number of benzene rings is 1. The molecule has 1 atom stereocenters. The highest BCUT2D eigenvalue weighted by molar-refractivity contribution is 8.00. The van der Waals surface area contributed by atoms with Crippen LogP contribution in [0.2, 0.25) is 0 Å². The van der Waals surface area contributed by atoms with Gasteiger partial charge in [0.2, 0.25) is 0 Å². The summed E-state index contributed by atoms with van der Waals surface area (Å²) in [5.41, 5.74) is 2.12. The molecule has 0 radical (unpaired) electrons. The molecule has 3 rings (SSSR count). The molecule has 1 N–H and O–H groups in total. The zero-order valence-corrected chi connectivity index (χ0v) is 11.7. The lowest BCUT2D eigenvalue weighted by atomic mass is 9.84. The van der Waals surface area contributed by atoms with Gasteiger partial charge in [-0.2, -0.15) is 11.8 Å². The number of halogens is 1. The third-order valence-corrected chi connectivity index (χ3v) is 6.00. The Morgan fingerprint density at radius 1 is 1.44 bits per heavy atom. The van der Waals surface area contributed by atoms with E-state index in [1.807, 2.05) is 17.8 Å². The van der Waals surface area contributed by atoms with Gasteiger partial charge in [-0.15, -0.1) is 0 Å². The van der Waals surface area contributed by atoms with E-state index in [4.69, 9.17) is 0 Å². The van der Waals surface area contributed by atoms with Crippen molar-refractivity contribution in [2.24, 2.45) is 0 Å². The highest BCUT2D eigenvalue weighted by Crippen LogP contribution is 2.43. The SMILES string of the molecule is CSC1(CNC2CCc3c(F)cccc32)CCC1. The quantitative estimate of drug-likeness (QED) is 0.891. The van der Waals surface area contributed by atoms with Gasteiger partial charge in [-0.05, 0) is 49.1 Å². The van der Waals surface area contributed by atoms with Crippen LogP contribution in [0.5, 0.6) is 0 Å². The van der Waals surface area contributed by atoms with E-state index in [9.17, 15) is 4.39 Å². The van der Waals surface area contributed by atoms with Gasteiger partial charge in [-0.1, -0.05) is 18.6 Å². The van der Waals surface area contributed by atoms with E-state index in [2.05, 4.69) is 17.6 Å². The van der Waals surface area contributed by atoms with E-state index >= 15 is 0 Å². The number of fused-ring (bicyclic) bond motifs is 1. The minimum atomic E-state index is -0.0278. The molecule has 1 unspecified atom stereocenters. The lowest BCUT2D eigenvalue weighted by Gasteiger charge is -2.41. The minimum absolute atomic E-state index is 0.0278. The number of thioether (sulfide) groups is 1. The average Bonchev–Trinajstić information content (AvgIpc) is 2.73. The summed E-state index contributed by atoms with van der Waals surface area (Å²) in [6.07, 6.45) is 8.14. The van der Waals surface area contributed by atoms with E-state index in [0.29, 0.717) is 10.8 Å². The molecule has 1 aromatic carbocycles. The number of rotatable bonds is 4. The molecule has 1 fully saturated rings. The Labute approximate surface area is 113 Å². The highest BCUT2D eigenvalue weighted by Gasteiger charge is 2.37. The van der Waals surface area contributed by atoms with E-state index in [0.717, 1.165) is 24.9 Å². The van der Waals surface area contributed by atoms with Gasteiger partial charge in [0.25, 0.3) is 0 Å². The van der Waals surface area contributed by atoms with Gasteiger partial charge in [-0.3, -0.25) is 0 Å². The molecule has 3 heteroatoms. The second-order valence-corrected chi connectivity index (χ2v) is 6.79. The first kappa shape index (κ1) is 12.5. The van der Waals surface area contributed by atoms with Gasteiger partial charge < -0.3 is 5.32 Å². The van der Waals surface area contributed by atoms with Gasteiger partial charge in [0.1, 0.15) is 5.82 Å². The van der Waals surface area contributed by atoms with Crippen LogP contribution in [0, 0.1) is 5.82 Å². The molecule has 0 saturated heterocycles. The first-order chi connectivity index (χ1) is 8.74. The maximum atomic E-state index is 13.6. The van der Waals surface area contributed by atoms with E-state index in [1.165, 1.54) is 24.8 Å². The van der Waals surface area contributed by atoms with Crippen molar-refractivity contribution in [3.63, 3.8) is 0 Å². The fourth-order valence-corrected chi connectivity index (χ4v) is 4.08. The van der Waals surface area contributed by atoms with Gasteiger partial charge in [0, 0.05) is 17.3 Å². The van der Waals surface area contributed by atoms with Crippen LogP contribution < -0.4 is 5.32 Å². The minimum Gasteiger partial charge on any atom is -0.309 e. The fraction of sp³-hybridized carbons (Fsp3) is 0.600. The molecule has 1 aromatic rings. The molecular formula is C15H20FNS. The molecule has 0 heterocycles. The Bertz CT molecular complexity index is 437. The summed E-state index contributed by atoms with van der Waals surface area (Å²) in [6, 6.07) is 5.86. The summed E-state index contributed by atoms with van der Waals surface area (Å²) in [7, 11) is 0. The summed E-state index contributed by atoms with van der Waals surface area (Å²) in [4.78, 5) is 0. The molecule has 0 aliphatic heterocycles. The molecule has 0 aromatic heterocycles. The average molecular weight is 265 g/mol. The van der Waals surface area contributed by atoms with Crippen molar-refractivity contribution in [2.75, 3.05) is 12.8 Å². The van der Waals surface area contributed by atoms with Crippen molar-refractivity contribution in [2.45, 2.75) is 42.9 Å². The number of nitrogens with one attached hydrogen (secondary N) is 1. The summed E-state index contributed by atoms with van der Waals surface area (Å²) in [5.74, 6) is -0.0278. The van der Waals surface area contributed by atoms with Crippen LogP contribution in [0.1, 0.15) is 42.9 Å². The maximum Gasteiger partial charge on any atom is 0.126 e. The summed E-state index contributed by atoms with van der Waals surface area (Å²) >= 11 is 1.99. The number of hydrogen-bond acceptors (Lipinski definition) is 2. The van der Waals surface area contributed by atoms with Crippen LogP contribution in [0.15, 0.2) is 18.2 Å². The van der Waals surface area contributed by atoms with Crippen molar-refractivity contribution in [1.29, 1.82) is 0 Å². The van der Waals surface area contributed by atoms with Crippen molar-refractivity contribution >= 4 is 11.8 Å². The van der Waals surface area contributed by atoms with Crippen molar-refractivity contribution in [1.82, 2.24) is 5.32 Å². The summed E-state index contributed by atoms with van der Waals surface area (Å²) in [6.45, 7) is 1.06. The zero-order valence-electron chi connectivity index (χ0n) is 10.8. The molecule has 98 valence electrons. The second-order valence-electron chi connectivity index (χ2n) is 5.52. The molecule has 0 amide bonds. The first-order valence-corrected chi connectivity index (χ1v) is 8.02. The van der Waals surface area contributed by atoms with E-state index < -0.39 is 0 Å². The third kappa shape index (κ3) is 2.08. The first-order valence-electron chi connectivity index (χ1n) is 6.80. The molecule has 1 saturated carbocycles. The van der Waals surface area contributed by atoms with Crippen molar-refractivity contribution in [3.05, 3.63) is 35.1 Å². The Balaban J connectivity index is 1.68. The molecule has 2 aliphatic carbocycles. The normalized spacial score (nSPS) is 24.7. The van der Waals surface area contributed by atoms with Gasteiger partial charge >= 0.3 is 0 Å². The molecular weight excluding hydrogens is 245 g/mol. The second kappa shape index (κ2) is 4.86. The molecule has 0 bridgehead atoms. The Morgan fingerprint density at radius 3 is 2.94 bits per heavy atom. The largest absolute Gasteiger partial charge is 0.309 e. The van der Waals surface area contributed by atoms with Crippen LogP contribution in [-0.2, 0) is 6.42 Å². The molecule has 18 heavy (non-hydrogen) atoms. The Kier molecular flexibility index (Phi) is 3.37. The monoisotopic (exact) mass is 265 g/mol. The molecule has 0 spiro atoms. The summed E-state index contributed by atoms with van der Waals surface area (Å²) in [5, 5.41) is 3.67. The summed E-state index contributed by atoms with van der Waals surface area (Å²) < 4.78 is 14.1. The van der Waals surface area contributed by atoms with Crippen LogP contribution in [-0.4, -0.2) is 17.5 Å². The van der Waals surface area contributed by atoms with Crippen LogP contribution in [0.25, 0.3) is 0 Å². The molecule has 1 nitrogen and oxygen atoms in total. The predicted molar refractivity (Wildman–Crippen MR) is 75.6 cm³/mol. The molecule has 2 aliphatic rings. The lowest BCUT2D eigenvalue weighted by molar-refractivity contribution is 0.330.